The molecule has 3 rings (SSSR count). The minimum absolute atomic E-state index is 0.00897. The van der Waals surface area contributed by atoms with Crippen molar-refractivity contribution in [2.75, 3.05) is 0 Å². The van der Waals surface area contributed by atoms with Gasteiger partial charge in [0.1, 0.15) is 0 Å². The van der Waals surface area contributed by atoms with Crippen LogP contribution in [0.5, 0.6) is 0 Å². The summed E-state index contributed by atoms with van der Waals surface area (Å²) in [6.07, 6.45) is 4.31. The quantitative estimate of drug-likeness (QED) is 0.778. The van der Waals surface area contributed by atoms with E-state index in [1.54, 1.807) is 0 Å². The molecular formula is C16H20Cl2O2. The fourth-order valence-electron chi connectivity index (χ4n) is 3.56. The SMILES string of the molecule is CCC12CCC(C)(CC1OCc1c(Cl)cccc1Cl)O2. The Balaban J connectivity index is 1.73. The third kappa shape index (κ3) is 2.37. The normalized spacial score (nSPS) is 35.7. The van der Waals surface area contributed by atoms with Crippen molar-refractivity contribution in [3.05, 3.63) is 33.8 Å². The van der Waals surface area contributed by atoms with Crippen LogP contribution >= 0.6 is 23.2 Å². The van der Waals surface area contributed by atoms with Crippen molar-refractivity contribution in [1.29, 1.82) is 0 Å². The van der Waals surface area contributed by atoms with E-state index in [1.165, 1.54) is 0 Å². The predicted octanol–water partition coefficient (Wildman–Crippen LogP) is 5.00. The summed E-state index contributed by atoms with van der Waals surface area (Å²) in [5.74, 6) is 0. The fourth-order valence-corrected chi connectivity index (χ4v) is 4.07. The largest absolute Gasteiger partial charge is 0.370 e. The molecule has 0 N–H and O–H groups in total. The first-order valence-electron chi connectivity index (χ1n) is 7.23. The Morgan fingerprint density at radius 2 is 2.00 bits per heavy atom. The number of halogens is 2. The highest BCUT2D eigenvalue weighted by Crippen LogP contribution is 2.53. The van der Waals surface area contributed by atoms with Gasteiger partial charge in [0.2, 0.25) is 0 Å². The van der Waals surface area contributed by atoms with E-state index in [-0.39, 0.29) is 17.3 Å². The van der Waals surface area contributed by atoms with Gasteiger partial charge in [0.25, 0.3) is 0 Å². The average Bonchev–Trinajstić information content (AvgIpc) is 2.89. The standard InChI is InChI=1S/C16H20Cl2O2/c1-3-16-8-7-15(2,20-16)9-14(16)19-10-11-12(17)5-4-6-13(11)18/h4-6,14H,3,7-10H2,1-2H3. The minimum Gasteiger partial charge on any atom is -0.370 e. The van der Waals surface area contributed by atoms with Crippen molar-refractivity contribution >= 4 is 23.2 Å². The van der Waals surface area contributed by atoms with Crippen LogP contribution in [0.1, 0.15) is 45.1 Å². The van der Waals surface area contributed by atoms with Crippen LogP contribution in [-0.2, 0) is 16.1 Å². The Hall–Kier alpha value is -0.280. The van der Waals surface area contributed by atoms with Crippen molar-refractivity contribution in [2.24, 2.45) is 0 Å². The van der Waals surface area contributed by atoms with E-state index in [1.807, 2.05) is 18.2 Å². The van der Waals surface area contributed by atoms with E-state index in [4.69, 9.17) is 32.7 Å². The topological polar surface area (TPSA) is 18.5 Å². The molecular weight excluding hydrogens is 295 g/mol. The predicted molar refractivity (Wildman–Crippen MR) is 81.4 cm³/mol. The summed E-state index contributed by atoms with van der Waals surface area (Å²) in [7, 11) is 0. The molecule has 2 nitrogen and oxygen atoms in total. The Morgan fingerprint density at radius 1 is 1.30 bits per heavy atom. The first kappa shape index (κ1) is 14.6. The summed E-state index contributed by atoms with van der Waals surface area (Å²) in [5.41, 5.74) is 0.753. The van der Waals surface area contributed by atoms with Gasteiger partial charge in [-0.05, 0) is 38.3 Å². The zero-order valence-electron chi connectivity index (χ0n) is 11.9. The van der Waals surface area contributed by atoms with Crippen LogP contribution in [0, 0.1) is 0 Å². The highest BCUT2D eigenvalue weighted by Gasteiger charge is 2.58. The van der Waals surface area contributed by atoms with Gasteiger partial charge in [-0.1, -0.05) is 36.2 Å². The number of fused-ring (bicyclic) bond motifs is 2. The zero-order chi connectivity index (χ0) is 14.4. The van der Waals surface area contributed by atoms with Crippen molar-refractivity contribution in [3.8, 4) is 0 Å². The van der Waals surface area contributed by atoms with Crippen LogP contribution < -0.4 is 0 Å². The minimum atomic E-state index is -0.109. The van der Waals surface area contributed by atoms with Crippen molar-refractivity contribution < 1.29 is 9.47 Å². The van der Waals surface area contributed by atoms with Crippen molar-refractivity contribution in [1.82, 2.24) is 0 Å². The lowest BCUT2D eigenvalue weighted by atomic mass is 9.79. The molecule has 0 spiro atoms. The molecule has 2 aliphatic heterocycles. The molecule has 0 amide bonds. The van der Waals surface area contributed by atoms with Crippen LogP contribution in [0.25, 0.3) is 0 Å². The summed E-state index contributed by atoms with van der Waals surface area (Å²) >= 11 is 12.4. The zero-order valence-corrected chi connectivity index (χ0v) is 13.4. The summed E-state index contributed by atoms with van der Waals surface area (Å²) in [6.45, 7) is 4.82. The Labute approximate surface area is 130 Å². The lowest BCUT2D eigenvalue weighted by molar-refractivity contribution is -0.0957. The van der Waals surface area contributed by atoms with Crippen LogP contribution in [0.15, 0.2) is 18.2 Å². The smallest absolute Gasteiger partial charge is 0.0950 e. The van der Waals surface area contributed by atoms with E-state index in [0.717, 1.165) is 31.2 Å². The third-order valence-corrected chi connectivity index (χ3v) is 5.53. The third-order valence-electron chi connectivity index (χ3n) is 4.82. The molecule has 1 aromatic carbocycles. The molecule has 2 fully saturated rings. The molecule has 4 heteroatoms. The molecule has 2 heterocycles. The van der Waals surface area contributed by atoms with E-state index < -0.39 is 0 Å². The Morgan fingerprint density at radius 3 is 2.60 bits per heavy atom. The first-order chi connectivity index (χ1) is 9.48. The highest BCUT2D eigenvalue weighted by molar-refractivity contribution is 6.35. The van der Waals surface area contributed by atoms with E-state index in [2.05, 4.69) is 13.8 Å². The molecule has 0 saturated carbocycles. The van der Waals surface area contributed by atoms with Gasteiger partial charge in [0, 0.05) is 22.0 Å². The molecule has 0 aromatic heterocycles. The molecule has 3 unspecified atom stereocenters. The van der Waals surface area contributed by atoms with Gasteiger partial charge < -0.3 is 9.47 Å². The van der Waals surface area contributed by atoms with Crippen molar-refractivity contribution in [3.63, 3.8) is 0 Å². The second kappa shape index (κ2) is 5.17. The Kier molecular flexibility index (Phi) is 3.79. The van der Waals surface area contributed by atoms with Gasteiger partial charge in [-0.3, -0.25) is 0 Å². The van der Waals surface area contributed by atoms with Crippen molar-refractivity contribution in [2.45, 2.75) is 63.4 Å². The molecule has 1 aromatic rings. The lowest BCUT2D eigenvalue weighted by Crippen LogP contribution is -2.39. The molecule has 2 aliphatic rings. The van der Waals surface area contributed by atoms with Crippen LogP contribution in [0.2, 0.25) is 10.0 Å². The van der Waals surface area contributed by atoms with Crippen LogP contribution in [-0.4, -0.2) is 17.3 Å². The highest BCUT2D eigenvalue weighted by atomic mass is 35.5. The number of hydrogen-bond acceptors (Lipinski definition) is 2. The molecule has 110 valence electrons. The second-order valence-electron chi connectivity index (χ2n) is 6.17. The maximum absolute atomic E-state index is 6.27. The number of hydrogen-bond donors (Lipinski definition) is 0. The van der Waals surface area contributed by atoms with E-state index >= 15 is 0 Å². The lowest BCUT2D eigenvalue weighted by Gasteiger charge is -2.32. The number of rotatable bonds is 4. The number of benzene rings is 1. The summed E-state index contributed by atoms with van der Waals surface area (Å²) in [5, 5.41) is 1.33. The van der Waals surface area contributed by atoms with E-state index in [9.17, 15) is 0 Å². The van der Waals surface area contributed by atoms with Gasteiger partial charge in [-0.25, -0.2) is 0 Å². The summed E-state index contributed by atoms with van der Waals surface area (Å²) in [4.78, 5) is 0. The second-order valence-corrected chi connectivity index (χ2v) is 6.99. The molecule has 3 atom stereocenters. The first-order valence-corrected chi connectivity index (χ1v) is 7.98. The van der Waals surface area contributed by atoms with Crippen LogP contribution in [0.4, 0.5) is 0 Å². The summed E-state index contributed by atoms with van der Waals surface area (Å²) in [6, 6.07) is 5.55. The summed E-state index contributed by atoms with van der Waals surface area (Å²) < 4.78 is 12.4. The molecule has 2 saturated heterocycles. The number of ether oxygens (including phenoxy) is 2. The van der Waals surface area contributed by atoms with E-state index in [0.29, 0.717) is 16.7 Å². The molecule has 20 heavy (non-hydrogen) atoms. The maximum Gasteiger partial charge on any atom is 0.0950 e. The fraction of sp³-hybridized carbons (Fsp3) is 0.625. The monoisotopic (exact) mass is 314 g/mol. The van der Waals surface area contributed by atoms with Gasteiger partial charge in [-0.2, -0.15) is 0 Å². The van der Waals surface area contributed by atoms with Gasteiger partial charge in [0.15, 0.2) is 0 Å². The van der Waals surface area contributed by atoms with Gasteiger partial charge in [0.05, 0.1) is 23.9 Å². The molecule has 2 bridgehead atoms. The van der Waals surface area contributed by atoms with Gasteiger partial charge >= 0.3 is 0 Å². The Bertz CT molecular complexity index is 499. The molecule has 0 radical (unpaired) electrons. The van der Waals surface area contributed by atoms with Crippen LogP contribution in [0.3, 0.4) is 0 Å². The molecule has 0 aliphatic carbocycles. The average molecular weight is 315 g/mol. The maximum atomic E-state index is 6.27. The van der Waals surface area contributed by atoms with Gasteiger partial charge in [-0.15, -0.1) is 0 Å².